The third-order valence-corrected chi connectivity index (χ3v) is 3.76. The summed E-state index contributed by atoms with van der Waals surface area (Å²) in [7, 11) is 1.26. The van der Waals surface area contributed by atoms with Gasteiger partial charge in [-0.3, -0.25) is 9.59 Å². The minimum atomic E-state index is -1.12. The highest BCUT2D eigenvalue weighted by atomic mass is 19.2. The van der Waals surface area contributed by atoms with E-state index >= 15 is 0 Å². The highest BCUT2D eigenvalue weighted by molar-refractivity contribution is 5.96. The Balaban J connectivity index is 2.04. The van der Waals surface area contributed by atoms with Crippen LogP contribution in [0.25, 0.3) is 0 Å². The first-order chi connectivity index (χ1) is 12.8. The largest absolute Gasteiger partial charge is 0.465 e. The third-order valence-electron chi connectivity index (χ3n) is 3.76. The summed E-state index contributed by atoms with van der Waals surface area (Å²) < 4.78 is 30.8. The molecule has 0 radical (unpaired) electrons. The van der Waals surface area contributed by atoms with Crippen LogP contribution in [0.1, 0.15) is 27.6 Å². The molecule has 6 nitrogen and oxygen atoms in total. The molecule has 0 aliphatic rings. The van der Waals surface area contributed by atoms with E-state index in [1.165, 1.54) is 25.0 Å². The van der Waals surface area contributed by atoms with Gasteiger partial charge in [-0.1, -0.05) is 6.07 Å². The van der Waals surface area contributed by atoms with Crippen molar-refractivity contribution in [3.63, 3.8) is 0 Å². The molecule has 0 heterocycles. The second-order valence-corrected chi connectivity index (χ2v) is 5.60. The van der Waals surface area contributed by atoms with Gasteiger partial charge in [0.05, 0.1) is 12.7 Å². The predicted molar refractivity (Wildman–Crippen MR) is 94.5 cm³/mol. The molecule has 0 atom stereocenters. The molecule has 142 valence electrons. The Morgan fingerprint density at radius 3 is 2.41 bits per heavy atom. The highest BCUT2D eigenvalue weighted by Gasteiger charge is 2.15. The van der Waals surface area contributed by atoms with Crippen molar-refractivity contribution < 1.29 is 27.9 Å². The van der Waals surface area contributed by atoms with Gasteiger partial charge in [0.25, 0.3) is 5.91 Å². The van der Waals surface area contributed by atoms with Crippen molar-refractivity contribution in [3.8, 4) is 0 Å². The normalized spacial score (nSPS) is 10.2. The van der Waals surface area contributed by atoms with E-state index in [9.17, 15) is 23.2 Å². The molecule has 2 amide bonds. The Hall–Kier alpha value is -3.29. The molecule has 8 heteroatoms. The Bertz CT molecular complexity index is 871. The van der Waals surface area contributed by atoms with Crippen LogP contribution >= 0.6 is 0 Å². The molecule has 27 heavy (non-hydrogen) atoms. The van der Waals surface area contributed by atoms with Crippen LogP contribution in [0.15, 0.2) is 42.5 Å². The van der Waals surface area contributed by atoms with Crippen molar-refractivity contribution in [2.75, 3.05) is 25.1 Å². The number of ether oxygens (including phenoxy) is 1. The first-order valence-corrected chi connectivity index (χ1v) is 8.03. The number of nitrogens with one attached hydrogen (secondary N) is 1. The van der Waals surface area contributed by atoms with E-state index < -0.39 is 23.5 Å². The predicted octanol–water partition coefficient (Wildman–Crippen LogP) is 2.53. The molecule has 2 rings (SSSR count). The second-order valence-electron chi connectivity index (χ2n) is 5.60. The van der Waals surface area contributed by atoms with Crippen molar-refractivity contribution in [1.82, 2.24) is 5.32 Å². The monoisotopic (exact) mass is 376 g/mol. The quantitative estimate of drug-likeness (QED) is 0.786. The van der Waals surface area contributed by atoms with Gasteiger partial charge < -0.3 is 15.0 Å². The number of hydrogen-bond donors (Lipinski definition) is 1. The number of carbonyl (C=O) groups is 3. The standard InChI is InChI=1S/C19H18F2N2O4/c1-12(24)23(15-5-3-4-14(10-15)19(26)27-2)9-8-22-18(25)13-6-7-16(20)17(21)11-13/h3-7,10-11H,8-9H2,1-2H3,(H,22,25). The minimum absolute atomic E-state index is 0.0315. The molecule has 0 aliphatic heterocycles. The number of rotatable bonds is 6. The summed E-state index contributed by atoms with van der Waals surface area (Å²) in [6.07, 6.45) is 0. The SMILES string of the molecule is COC(=O)c1cccc(N(CCNC(=O)c2ccc(F)c(F)c2)C(C)=O)c1. The van der Waals surface area contributed by atoms with Gasteiger partial charge in [0.2, 0.25) is 5.91 Å². The number of esters is 1. The fraction of sp³-hybridized carbons (Fsp3) is 0.211. The molecule has 0 aromatic heterocycles. The van der Waals surface area contributed by atoms with Crippen LogP contribution in [0.2, 0.25) is 0 Å². The molecule has 0 bridgehead atoms. The summed E-state index contributed by atoms with van der Waals surface area (Å²) in [5.41, 5.74) is 0.718. The van der Waals surface area contributed by atoms with Crippen molar-refractivity contribution in [2.24, 2.45) is 0 Å². The van der Waals surface area contributed by atoms with Crippen LogP contribution in [0.5, 0.6) is 0 Å². The fourth-order valence-corrected chi connectivity index (χ4v) is 2.41. The fourth-order valence-electron chi connectivity index (χ4n) is 2.41. The maximum Gasteiger partial charge on any atom is 0.337 e. The molecule has 0 saturated carbocycles. The van der Waals surface area contributed by atoms with Gasteiger partial charge in [0.15, 0.2) is 11.6 Å². The Labute approximate surface area is 154 Å². The number of carbonyl (C=O) groups excluding carboxylic acids is 3. The molecule has 2 aromatic rings. The number of halogens is 2. The zero-order valence-electron chi connectivity index (χ0n) is 14.8. The van der Waals surface area contributed by atoms with Crippen molar-refractivity contribution in [3.05, 3.63) is 65.2 Å². The molecule has 0 aliphatic carbocycles. The second kappa shape index (κ2) is 8.88. The Kier molecular flexibility index (Phi) is 6.59. The van der Waals surface area contributed by atoms with Gasteiger partial charge in [-0.25, -0.2) is 13.6 Å². The first-order valence-electron chi connectivity index (χ1n) is 8.03. The van der Waals surface area contributed by atoms with E-state index in [4.69, 9.17) is 0 Å². The molecule has 0 unspecified atom stereocenters. The average molecular weight is 376 g/mol. The van der Waals surface area contributed by atoms with Crippen LogP contribution in [0.3, 0.4) is 0 Å². The maximum atomic E-state index is 13.2. The number of nitrogens with zero attached hydrogens (tertiary/aromatic N) is 1. The summed E-state index contributed by atoms with van der Waals surface area (Å²) in [6, 6.07) is 9.14. The number of anilines is 1. The molecular formula is C19H18F2N2O4. The summed E-state index contributed by atoms with van der Waals surface area (Å²) >= 11 is 0. The molecule has 0 fully saturated rings. The lowest BCUT2D eigenvalue weighted by Gasteiger charge is -2.22. The van der Waals surface area contributed by atoms with Crippen LogP contribution < -0.4 is 10.2 Å². The zero-order valence-corrected chi connectivity index (χ0v) is 14.8. The van der Waals surface area contributed by atoms with E-state index in [-0.39, 0.29) is 30.1 Å². The number of methoxy groups -OCH3 is 1. The van der Waals surface area contributed by atoms with Gasteiger partial charge in [-0.05, 0) is 36.4 Å². The smallest absolute Gasteiger partial charge is 0.337 e. The summed E-state index contributed by atoms with van der Waals surface area (Å²) in [6.45, 7) is 1.54. The number of hydrogen-bond acceptors (Lipinski definition) is 4. The van der Waals surface area contributed by atoms with E-state index in [0.29, 0.717) is 5.69 Å². The van der Waals surface area contributed by atoms with Gasteiger partial charge in [-0.2, -0.15) is 0 Å². The average Bonchev–Trinajstić information content (AvgIpc) is 2.66. The summed E-state index contributed by atoms with van der Waals surface area (Å²) in [5, 5.41) is 2.54. The highest BCUT2D eigenvalue weighted by Crippen LogP contribution is 2.17. The lowest BCUT2D eigenvalue weighted by atomic mass is 10.2. The third kappa shape index (κ3) is 5.10. The topological polar surface area (TPSA) is 75.7 Å². The van der Waals surface area contributed by atoms with E-state index in [1.54, 1.807) is 18.2 Å². The molecule has 2 aromatic carbocycles. The van der Waals surface area contributed by atoms with Gasteiger partial charge >= 0.3 is 5.97 Å². The van der Waals surface area contributed by atoms with Gasteiger partial charge in [0, 0.05) is 31.3 Å². The zero-order chi connectivity index (χ0) is 20.0. The summed E-state index contributed by atoms with van der Waals surface area (Å²) in [5.74, 6) is -3.58. The van der Waals surface area contributed by atoms with E-state index in [1.807, 2.05) is 0 Å². The summed E-state index contributed by atoms with van der Waals surface area (Å²) in [4.78, 5) is 36.9. The van der Waals surface area contributed by atoms with Gasteiger partial charge in [0.1, 0.15) is 0 Å². The molecular weight excluding hydrogens is 358 g/mol. The first kappa shape index (κ1) is 20.0. The molecule has 0 saturated heterocycles. The van der Waals surface area contributed by atoms with Gasteiger partial charge in [-0.15, -0.1) is 0 Å². The lowest BCUT2D eigenvalue weighted by Crippen LogP contribution is -2.37. The molecule has 0 spiro atoms. The minimum Gasteiger partial charge on any atom is -0.465 e. The Morgan fingerprint density at radius 1 is 1.04 bits per heavy atom. The maximum absolute atomic E-state index is 13.2. The lowest BCUT2D eigenvalue weighted by molar-refractivity contribution is -0.116. The van der Waals surface area contributed by atoms with Crippen molar-refractivity contribution in [1.29, 1.82) is 0 Å². The molecule has 1 N–H and O–H groups in total. The van der Waals surface area contributed by atoms with Crippen molar-refractivity contribution >= 4 is 23.5 Å². The van der Waals surface area contributed by atoms with E-state index in [0.717, 1.165) is 18.2 Å². The van der Waals surface area contributed by atoms with Crippen molar-refractivity contribution in [2.45, 2.75) is 6.92 Å². The number of benzene rings is 2. The van der Waals surface area contributed by atoms with Crippen LogP contribution in [-0.4, -0.2) is 38.0 Å². The van der Waals surface area contributed by atoms with Crippen LogP contribution in [-0.2, 0) is 9.53 Å². The van der Waals surface area contributed by atoms with Crippen LogP contribution in [0, 0.1) is 11.6 Å². The van der Waals surface area contributed by atoms with E-state index in [2.05, 4.69) is 10.1 Å². The Morgan fingerprint density at radius 2 is 1.78 bits per heavy atom. The number of amides is 2. The van der Waals surface area contributed by atoms with Crippen LogP contribution in [0.4, 0.5) is 14.5 Å².